The van der Waals surface area contributed by atoms with Crippen LogP contribution in [0.4, 0.5) is 0 Å². The SMILES string of the molecule is CC(N[C@H](C)C1CCCCCC1)c1cccc(Cl)c1. The molecule has 2 heteroatoms. The molecule has 0 amide bonds. The van der Waals surface area contributed by atoms with Gasteiger partial charge in [-0.2, -0.15) is 0 Å². The largest absolute Gasteiger partial charge is 0.307 e. The molecule has 1 N–H and O–H groups in total. The maximum atomic E-state index is 6.07. The maximum Gasteiger partial charge on any atom is 0.0409 e. The molecular weight excluding hydrogens is 254 g/mol. The summed E-state index contributed by atoms with van der Waals surface area (Å²) in [5, 5.41) is 4.59. The number of nitrogens with one attached hydrogen (secondary N) is 1. The zero-order chi connectivity index (χ0) is 13.7. The van der Waals surface area contributed by atoms with Gasteiger partial charge in [0, 0.05) is 17.1 Å². The molecule has 1 unspecified atom stereocenters. The van der Waals surface area contributed by atoms with Crippen LogP contribution >= 0.6 is 11.6 Å². The summed E-state index contributed by atoms with van der Waals surface area (Å²) in [6.07, 6.45) is 8.43. The molecule has 1 saturated carbocycles. The third-order valence-corrected chi connectivity index (χ3v) is 4.70. The lowest BCUT2D eigenvalue weighted by molar-refractivity contribution is 0.316. The molecule has 0 aromatic heterocycles. The van der Waals surface area contributed by atoms with Crippen LogP contribution in [0.5, 0.6) is 0 Å². The van der Waals surface area contributed by atoms with Crippen LogP contribution in [-0.2, 0) is 0 Å². The van der Waals surface area contributed by atoms with Crippen molar-refractivity contribution in [1.82, 2.24) is 5.32 Å². The Kier molecular flexibility index (Phi) is 5.72. The summed E-state index contributed by atoms with van der Waals surface area (Å²) in [6.45, 7) is 4.58. The number of hydrogen-bond acceptors (Lipinski definition) is 1. The Morgan fingerprint density at radius 1 is 1.11 bits per heavy atom. The van der Waals surface area contributed by atoms with Crippen LogP contribution < -0.4 is 5.32 Å². The summed E-state index contributed by atoms with van der Waals surface area (Å²) in [4.78, 5) is 0. The van der Waals surface area contributed by atoms with Gasteiger partial charge < -0.3 is 5.32 Å². The molecule has 1 fully saturated rings. The Bertz CT molecular complexity index is 383. The standard InChI is InChI=1S/C17H26ClN/c1-13(15-8-5-3-4-6-9-15)19-14(2)16-10-7-11-17(18)12-16/h7,10-15,19H,3-6,8-9H2,1-2H3/t13-,14?/m1/s1. The van der Waals surface area contributed by atoms with Gasteiger partial charge in [0.25, 0.3) is 0 Å². The summed E-state index contributed by atoms with van der Waals surface area (Å²) in [6, 6.07) is 9.16. The van der Waals surface area contributed by atoms with Gasteiger partial charge in [-0.05, 0) is 50.3 Å². The van der Waals surface area contributed by atoms with Crippen molar-refractivity contribution in [2.24, 2.45) is 5.92 Å². The maximum absolute atomic E-state index is 6.07. The second-order valence-electron chi connectivity index (χ2n) is 5.98. The molecule has 0 spiro atoms. The van der Waals surface area contributed by atoms with Crippen LogP contribution in [0.3, 0.4) is 0 Å². The zero-order valence-electron chi connectivity index (χ0n) is 12.2. The second-order valence-corrected chi connectivity index (χ2v) is 6.42. The number of benzene rings is 1. The predicted octanol–water partition coefficient (Wildman–Crippen LogP) is 5.35. The van der Waals surface area contributed by atoms with E-state index in [4.69, 9.17) is 11.6 Å². The molecule has 0 aliphatic heterocycles. The minimum atomic E-state index is 0.372. The minimum absolute atomic E-state index is 0.372. The van der Waals surface area contributed by atoms with Gasteiger partial charge in [-0.25, -0.2) is 0 Å². The predicted molar refractivity (Wildman–Crippen MR) is 83.7 cm³/mol. The highest BCUT2D eigenvalue weighted by atomic mass is 35.5. The molecule has 1 nitrogen and oxygen atoms in total. The molecule has 1 aliphatic carbocycles. The smallest absolute Gasteiger partial charge is 0.0409 e. The van der Waals surface area contributed by atoms with Crippen LogP contribution in [0.2, 0.25) is 5.02 Å². The molecular formula is C17H26ClN. The van der Waals surface area contributed by atoms with Crippen molar-refractivity contribution in [1.29, 1.82) is 0 Å². The number of hydrogen-bond donors (Lipinski definition) is 1. The molecule has 1 aromatic rings. The van der Waals surface area contributed by atoms with Crippen LogP contribution in [0, 0.1) is 5.92 Å². The van der Waals surface area contributed by atoms with Crippen LogP contribution in [-0.4, -0.2) is 6.04 Å². The summed E-state index contributed by atoms with van der Waals surface area (Å²) < 4.78 is 0. The molecule has 0 bridgehead atoms. The van der Waals surface area contributed by atoms with E-state index in [-0.39, 0.29) is 0 Å². The van der Waals surface area contributed by atoms with Gasteiger partial charge in [-0.1, -0.05) is 49.4 Å². The molecule has 2 rings (SSSR count). The first-order chi connectivity index (χ1) is 9.16. The Labute approximate surface area is 122 Å². The topological polar surface area (TPSA) is 12.0 Å². The van der Waals surface area contributed by atoms with Gasteiger partial charge >= 0.3 is 0 Å². The molecule has 0 saturated heterocycles. The van der Waals surface area contributed by atoms with E-state index in [0.717, 1.165) is 10.9 Å². The van der Waals surface area contributed by atoms with E-state index in [9.17, 15) is 0 Å². The lowest BCUT2D eigenvalue weighted by Crippen LogP contribution is -2.35. The number of rotatable bonds is 4. The third kappa shape index (κ3) is 4.50. The van der Waals surface area contributed by atoms with Gasteiger partial charge in [0.05, 0.1) is 0 Å². The average molecular weight is 280 g/mol. The van der Waals surface area contributed by atoms with Crippen molar-refractivity contribution < 1.29 is 0 Å². The molecule has 1 aromatic carbocycles. The van der Waals surface area contributed by atoms with E-state index in [0.29, 0.717) is 12.1 Å². The normalized spacial score (nSPS) is 20.8. The molecule has 2 atom stereocenters. The fourth-order valence-corrected chi connectivity index (χ4v) is 3.41. The van der Waals surface area contributed by atoms with Gasteiger partial charge in [0.2, 0.25) is 0 Å². The van der Waals surface area contributed by atoms with Gasteiger partial charge in [-0.3, -0.25) is 0 Å². The Morgan fingerprint density at radius 2 is 1.79 bits per heavy atom. The van der Waals surface area contributed by atoms with Crippen molar-refractivity contribution in [3.05, 3.63) is 34.9 Å². The first-order valence-corrected chi connectivity index (χ1v) is 8.06. The monoisotopic (exact) mass is 279 g/mol. The van der Waals surface area contributed by atoms with Crippen LogP contribution in [0.25, 0.3) is 0 Å². The second kappa shape index (κ2) is 7.31. The highest BCUT2D eigenvalue weighted by molar-refractivity contribution is 6.30. The van der Waals surface area contributed by atoms with Crippen molar-refractivity contribution in [2.75, 3.05) is 0 Å². The highest BCUT2D eigenvalue weighted by Gasteiger charge is 2.20. The van der Waals surface area contributed by atoms with Crippen molar-refractivity contribution in [3.8, 4) is 0 Å². The van der Waals surface area contributed by atoms with Crippen molar-refractivity contribution in [3.63, 3.8) is 0 Å². The summed E-state index contributed by atoms with van der Waals surface area (Å²) in [5.41, 5.74) is 1.29. The Hall–Kier alpha value is -0.530. The van der Waals surface area contributed by atoms with Crippen molar-refractivity contribution >= 4 is 11.6 Å². The van der Waals surface area contributed by atoms with Crippen LogP contribution in [0.1, 0.15) is 64.0 Å². The van der Waals surface area contributed by atoms with E-state index in [1.165, 1.54) is 44.1 Å². The zero-order valence-corrected chi connectivity index (χ0v) is 12.9. The summed E-state index contributed by atoms with van der Waals surface area (Å²) >= 11 is 6.07. The summed E-state index contributed by atoms with van der Waals surface area (Å²) in [5.74, 6) is 0.837. The third-order valence-electron chi connectivity index (χ3n) is 4.47. The molecule has 19 heavy (non-hydrogen) atoms. The fraction of sp³-hybridized carbons (Fsp3) is 0.647. The molecule has 0 heterocycles. The van der Waals surface area contributed by atoms with E-state index >= 15 is 0 Å². The van der Waals surface area contributed by atoms with Crippen LogP contribution in [0.15, 0.2) is 24.3 Å². The van der Waals surface area contributed by atoms with E-state index in [2.05, 4.69) is 31.3 Å². The first kappa shape index (κ1) is 14.9. The fourth-order valence-electron chi connectivity index (χ4n) is 3.21. The van der Waals surface area contributed by atoms with Gasteiger partial charge in [0.1, 0.15) is 0 Å². The van der Waals surface area contributed by atoms with Crippen molar-refractivity contribution in [2.45, 2.75) is 64.5 Å². The molecule has 0 radical (unpaired) electrons. The quantitative estimate of drug-likeness (QED) is 0.733. The Morgan fingerprint density at radius 3 is 2.42 bits per heavy atom. The average Bonchev–Trinajstić information content (AvgIpc) is 2.67. The van der Waals surface area contributed by atoms with Gasteiger partial charge in [-0.15, -0.1) is 0 Å². The molecule has 1 aliphatic rings. The minimum Gasteiger partial charge on any atom is -0.307 e. The van der Waals surface area contributed by atoms with E-state index < -0.39 is 0 Å². The first-order valence-electron chi connectivity index (χ1n) is 7.68. The summed E-state index contributed by atoms with van der Waals surface area (Å²) in [7, 11) is 0. The van der Waals surface area contributed by atoms with E-state index in [1.807, 2.05) is 12.1 Å². The Balaban J connectivity index is 1.92. The highest BCUT2D eigenvalue weighted by Crippen LogP contribution is 2.27. The lowest BCUT2D eigenvalue weighted by atomic mass is 9.92. The molecule has 106 valence electrons. The number of halogens is 1. The van der Waals surface area contributed by atoms with E-state index in [1.54, 1.807) is 0 Å². The lowest BCUT2D eigenvalue weighted by Gasteiger charge is -2.27. The van der Waals surface area contributed by atoms with Gasteiger partial charge in [0.15, 0.2) is 0 Å².